The van der Waals surface area contributed by atoms with E-state index in [1.165, 1.54) is 0 Å². The van der Waals surface area contributed by atoms with E-state index >= 15 is 0 Å². The Labute approximate surface area is 107 Å². The van der Waals surface area contributed by atoms with Crippen LogP contribution < -0.4 is 11.1 Å². The van der Waals surface area contributed by atoms with Gasteiger partial charge in [-0.25, -0.2) is 0 Å². The van der Waals surface area contributed by atoms with E-state index < -0.39 is 0 Å². The fourth-order valence-corrected chi connectivity index (χ4v) is 1.58. The first-order valence-electron chi connectivity index (χ1n) is 5.94. The topological polar surface area (TPSA) is 87.7 Å². The average molecular weight is 249 g/mol. The fourth-order valence-electron chi connectivity index (χ4n) is 1.58. The third-order valence-electron chi connectivity index (χ3n) is 2.73. The van der Waals surface area contributed by atoms with E-state index in [1.54, 1.807) is 0 Å². The fraction of sp³-hybridized carbons (Fsp3) is 0.385. The molecule has 5 heteroatoms. The smallest absolute Gasteiger partial charge is 0.227 e. The van der Waals surface area contributed by atoms with Crippen LogP contribution >= 0.6 is 0 Å². The van der Waals surface area contributed by atoms with Crippen molar-refractivity contribution in [3.05, 3.63) is 35.9 Å². The molecule has 0 bridgehead atoms. The highest BCUT2D eigenvalue weighted by atomic mass is 16.4. The molecule has 0 fully saturated rings. The average Bonchev–Trinajstić information content (AvgIpc) is 2.43. The van der Waals surface area contributed by atoms with Gasteiger partial charge in [-0.15, -0.1) is 0 Å². The molecule has 1 unspecified atom stereocenters. The third kappa shape index (κ3) is 4.45. The minimum absolute atomic E-state index is 0.0132. The highest BCUT2D eigenvalue weighted by Gasteiger charge is 2.13. The van der Waals surface area contributed by atoms with E-state index in [2.05, 4.69) is 10.5 Å². The Bertz CT molecular complexity index is 404. The van der Waals surface area contributed by atoms with Crippen molar-refractivity contribution in [3.8, 4) is 0 Å². The largest absolute Gasteiger partial charge is 0.409 e. The summed E-state index contributed by atoms with van der Waals surface area (Å²) in [6, 6.07) is 9.61. The number of amides is 1. The van der Waals surface area contributed by atoms with Gasteiger partial charge in [0.05, 0.1) is 5.92 Å². The quantitative estimate of drug-likeness (QED) is 0.234. The van der Waals surface area contributed by atoms with Gasteiger partial charge in [-0.2, -0.15) is 0 Å². The molecule has 0 aromatic heterocycles. The summed E-state index contributed by atoms with van der Waals surface area (Å²) in [6.45, 7) is 2.39. The number of oxime groups is 1. The van der Waals surface area contributed by atoms with E-state index in [1.807, 2.05) is 37.3 Å². The molecule has 0 aliphatic carbocycles. The van der Waals surface area contributed by atoms with Gasteiger partial charge in [0.15, 0.2) is 0 Å². The Morgan fingerprint density at radius 3 is 2.72 bits per heavy atom. The van der Waals surface area contributed by atoms with Crippen molar-refractivity contribution in [2.45, 2.75) is 25.7 Å². The Balaban J connectivity index is 2.33. The number of nitrogens with zero attached hydrogens (tertiary/aromatic N) is 1. The summed E-state index contributed by atoms with van der Waals surface area (Å²) < 4.78 is 0. The lowest BCUT2D eigenvalue weighted by Gasteiger charge is -2.12. The van der Waals surface area contributed by atoms with Crippen LogP contribution in [-0.4, -0.2) is 23.5 Å². The minimum atomic E-state index is -0.171. The van der Waals surface area contributed by atoms with E-state index in [0.29, 0.717) is 19.4 Å². The summed E-state index contributed by atoms with van der Waals surface area (Å²) in [6.07, 6.45) is 1.12. The molecule has 0 heterocycles. The van der Waals surface area contributed by atoms with E-state index in [-0.39, 0.29) is 17.7 Å². The van der Waals surface area contributed by atoms with Crippen LogP contribution in [0, 0.1) is 0 Å². The van der Waals surface area contributed by atoms with Crippen molar-refractivity contribution in [2.75, 3.05) is 6.54 Å². The van der Waals surface area contributed by atoms with Gasteiger partial charge in [-0.3, -0.25) is 4.79 Å². The lowest BCUT2D eigenvalue weighted by Crippen LogP contribution is -2.29. The van der Waals surface area contributed by atoms with Crippen LogP contribution in [0.5, 0.6) is 0 Å². The molecule has 0 radical (unpaired) electrons. The molecule has 1 rings (SSSR count). The summed E-state index contributed by atoms with van der Waals surface area (Å²) in [5.41, 5.74) is 6.32. The molecule has 0 aliphatic heterocycles. The number of benzene rings is 1. The molecule has 4 N–H and O–H groups in total. The van der Waals surface area contributed by atoms with Crippen molar-refractivity contribution in [3.63, 3.8) is 0 Å². The zero-order valence-electron chi connectivity index (χ0n) is 10.5. The van der Waals surface area contributed by atoms with Gasteiger partial charge in [0.1, 0.15) is 5.84 Å². The van der Waals surface area contributed by atoms with E-state index in [0.717, 1.165) is 5.56 Å². The van der Waals surface area contributed by atoms with Crippen molar-refractivity contribution < 1.29 is 10.0 Å². The molecule has 1 atom stereocenters. The van der Waals surface area contributed by atoms with Gasteiger partial charge in [0.25, 0.3) is 0 Å². The summed E-state index contributed by atoms with van der Waals surface area (Å²) in [5, 5.41) is 14.1. The normalized spacial score (nSPS) is 13.1. The van der Waals surface area contributed by atoms with Crippen molar-refractivity contribution in [1.82, 2.24) is 5.32 Å². The van der Waals surface area contributed by atoms with Crippen LogP contribution in [0.3, 0.4) is 0 Å². The predicted molar refractivity (Wildman–Crippen MR) is 70.5 cm³/mol. The summed E-state index contributed by atoms with van der Waals surface area (Å²) in [5.74, 6) is -0.00359. The van der Waals surface area contributed by atoms with Gasteiger partial charge in [0, 0.05) is 13.0 Å². The molecule has 0 saturated carbocycles. The first-order chi connectivity index (χ1) is 8.65. The van der Waals surface area contributed by atoms with E-state index in [4.69, 9.17) is 10.9 Å². The Morgan fingerprint density at radius 2 is 2.11 bits per heavy atom. The molecule has 5 nitrogen and oxygen atoms in total. The molecular weight excluding hydrogens is 230 g/mol. The predicted octanol–water partition coefficient (Wildman–Crippen LogP) is 1.43. The van der Waals surface area contributed by atoms with Gasteiger partial charge in [0.2, 0.25) is 5.91 Å². The van der Waals surface area contributed by atoms with Gasteiger partial charge >= 0.3 is 0 Å². The SMILES string of the molecule is CC(C(=O)NCCC/C(N)=N/O)c1ccccc1. The molecule has 0 saturated heterocycles. The second kappa shape index (κ2) is 7.32. The maximum atomic E-state index is 11.8. The highest BCUT2D eigenvalue weighted by molar-refractivity contribution is 5.83. The summed E-state index contributed by atoms with van der Waals surface area (Å²) >= 11 is 0. The van der Waals surface area contributed by atoms with Crippen LogP contribution in [0.4, 0.5) is 0 Å². The number of hydrogen-bond donors (Lipinski definition) is 3. The monoisotopic (exact) mass is 249 g/mol. The first kappa shape index (κ1) is 14.0. The van der Waals surface area contributed by atoms with Crippen LogP contribution in [0.1, 0.15) is 31.2 Å². The molecular formula is C13H19N3O2. The molecule has 18 heavy (non-hydrogen) atoms. The maximum Gasteiger partial charge on any atom is 0.227 e. The molecule has 0 spiro atoms. The molecule has 1 aromatic rings. The zero-order valence-corrected chi connectivity index (χ0v) is 10.5. The number of carbonyl (C=O) groups excluding carboxylic acids is 1. The number of hydrogen-bond acceptors (Lipinski definition) is 3. The van der Waals surface area contributed by atoms with Crippen molar-refractivity contribution >= 4 is 11.7 Å². The molecule has 1 aromatic carbocycles. The van der Waals surface area contributed by atoms with Crippen molar-refractivity contribution in [1.29, 1.82) is 0 Å². The van der Waals surface area contributed by atoms with Gasteiger partial charge in [-0.1, -0.05) is 35.5 Å². The lowest BCUT2D eigenvalue weighted by molar-refractivity contribution is -0.122. The number of rotatable bonds is 6. The number of amidine groups is 1. The summed E-state index contributed by atoms with van der Waals surface area (Å²) in [4.78, 5) is 11.8. The first-order valence-corrected chi connectivity index (χ1v) is 5.94. The molecule has 98 valence electrons. The maximum absolute atomic E-state index is 11.8. The van der Waals surface area contributed by atoms with Gasteiger partial charge in [-0.05, 0) is 18.9 Å². The zero-order chi connectivity index (χ0) is 13.4. The van der Waals surface area contributed by atoms with Crippen LogP contribution in [0.15, 0.2) is 35.5 Å². The highest BCUT2D eigenvalue weighted by Crippen LogP contribution is 2.14. The van der Waals surface area contributed by atoms with Crippen LogP contribution in [0.2, 0.25) is 0 Å². The second-order valence-electron chi connectivity index (χ2n) is 4.12. The minimum Gasteiger partial charge on any atom is -0.409 e. The molecule has 1 amide bonds. The number of nitrogens with one attached hydrogen (secondary N) is 1. The summed E-state index contributed by atoms with van der Waals surface area (Å²) in [7, 11) is 0. The molecule has 0 aliphatic rings. The van der Waals surface area contributed by atoms with Crippen LogP contribution in [-0.2, 0) is 4.79 Å². The lowest BCUT2D eigenvalue weighted by atomic mass is 10.0. The number of carbonyl (C=O) groups is 1. The van der Waals surface area contributed by atoms with Crippen molar-refractivity contribution in [2.24, 2.45) is 10.9 Å². The Morgan fingerprint density at radius 1 is 1.44 bits per heavy atom. The second-order valence-corrected chi connectivity index (χ2v) is 4.12. The third-order valence-corrected chi connectivity index (χ3v) is 2.73. The standard InChI is InChI=1S/C13H19N3O2/c1-10(11-6-3-2-4-7-11)13(17)15-9-5-8-12(14)16-18/h2-4,6-7,10,18H,5,8-9H2,1H3,(H2,14,16)(H,15,17). The Kier molecular flexibility index (Phi) is 5.70. The van der Waals surface area contributed by atoms with Crippen LogP contribution in [0.25, 0.3) is 0 Å². The Hall–Kier alpha value is -2.04. The van der Waals surface area contributed by atoms with Gasteiger partial charge < -0.3 is 16.3 Å². The van der Waals surface area contributed by atoms with E-state index in [9.17, 15) is 4.79 Å². The number of nitrogens with two attached hydrogens (primary N) is 1.